The van der Waals surface area contributed by atoms with Crippen LogP contribution >= 0.6 is 0 Å². The van der Waals surface area contributed by atoms with Gasteiger partial charge in [0.05, 0.1) is 6.20 Å². The largest absolute Gasteiger partial charge is 0.369 e. The summed E-state index contributed by atoms with van der Waals surface area (Å²) < 4.78 is 0. The molecule has 0 radical (unpaired) electrons. The lowest BCUT2D eigenvalue weighted by atomic mass is 9.87. The number of benzene rings is 2. The molecule has 1 aliphatic rings. The molecule has 0 amide bonds. The Bertz CT molecular complexity index is 864. The predicted molar refractivity (Wildman–Crippen MR) is 116 cm³/mol. The van der Waals surface area contributed by atoms with Gasteiger partial charge in [-0.3, -0.25) is 5.10 Å². The van der Waals surface area contributed by atoms with Crippen molar-refractivity contribution in [2.75, 3.05) is 44.7 Å². The monoisotopic (exact) mass is 375 g/mol. The molecule has 146 valence electrons. The van der Waals surface area contributed by atoms with E-state index in [1.54, 1.807) is 0 Å². The molecule has 5 nitrogen and oxygen atoms in total. The maximum absolute atomic E-state index is 5.98. The highest BCUT2D eigenvalue weighted by molar-refractivity contribution is 5.62. The average molecular weight is 376 g/mol. The van der Waals surface area contributed by atoms with E-state index in [9.17, 15) is 0 Å². The molecule has 1 aliphatic heterocycles. The Morgan fingerprint density at radius 1 is 1.00 bits per heavy atom. The minimum atomic E-state index is 0.316. The van der Waals surface area contributed by atoms with Gasteiger partial charge in [-0.1, -0.05) is 36.4 Å². The molecule has 28 heavy (non-hydrogen) atoms. The van der Waals surface area contributed by atoms with Crippen LogP contribution in [-0.2, 0) is 0 Å². The third kappa shape index (κ3) is 4.11. The lowest BCUT2D eigenvalue weighted by Gasteiger charge is -2.34. The first-order valence-corrected chi connectivity index (χ1v) is 10.1. The van der Waals surface area contributed by atoms with Gasteiger partial charge in [0.25, 0.3) is 0 Å². The molecule has 3 aromatic rings. The molecule has 0 aliphatic carbocycles. The fourth-order valence-corrected chi connectivity index (χ4v) is 4.01. The minimum absolute atomic E-state index is 0.316. The van der Waals surface area contributed by atoms with Crippen LogP contribution in [0.1, 0.15) is 23.5 Å². The molecule has 0 spiro atoms. The molecule has 1 unspecified atom stereocenters. The first kappa shape index (κ1) is 18.7. The number of anilines is 1. The molecular weight excluding hydrogens is 346 g/mol. The molecule has 1 aromatic heterocycles. The van der Waals surface area contributed by atoms with E-state index in [1.807, 2.05) is 12.4 Å². The summed E-state index contributed by atoms with van der Waals surface area (Å²) in [5, 5.41) is 6.92. The molecule has 0 saturated carbocycles. The molecule has 1 atom stereocenters. The van der Waals surface area contributed by atoms with E-state index < -0.39 is 0 Å². The Balaban J connectivity index is 1.58. The van der Waals surface area contributed by atoms with E-state index in [0.717, 1.165) is 38.2 Å². The van der Waals surface area contributed by atoms with Gasteiger partial charge in [-0.25, -0.2) is 0 Å². The summed E-state index contributed by atoms with van der Waals surface area (Å²) in [7, 11) is 2.19. The molecule has 2 heterocycles. The van der Waals surface area contributed by atoms with Crippen molar-refractivity contribution in [3.8, 4) is 11.1 Å². The first-order chi connectivity index (χ1) is 13.7. The van der Waals surface area contributed by atoms with Gasteiger partial charge < -0.3 is 15.5 Å². The van der Waals surface area contributed by atoms with E-state index in [2.05, 4.69) is 75.6 Å². The summed E-state index contributed by atoms with van der Waals surface area (Å²) in [5.74, 6) is 0.316. The van der Waals surface area contributed by atoms with Crippen LogP contribution < -0.4 is 10.6 Å². The summed E-state index contributed by atoms with van der Waals surface area (Å²) in [6, 6.07) is 17.8. The van der Waals surface area contributed by atoms with Crippen molar-refractivity contribution >= 4 is 5.69 Å². The van der Waals surface area contributed by atoms with Crippen LogP contribution in [0.3, 0.4) is 0 Å². The number of hydrogen-bond donors (Lipinski definition) is 2. The van der Waals surface area contributed by atoms with E-state index in [0.29, 0.717) is 12.5 Å². The molecule has 3 N–H and O–H groups in total. The smallest absolute Gasteiger partial charge is 0.0565 e. The molecule has 2 aromatic carbocycles. The summed E-state index contributed by atoms with van der Waals surface area (Å²) in [6.07, 6.45) is 4.72. The van der Waals surface area contributed by atoms with E-state index in [4.69, 9.17) is 5.73 Å². The number of nitrogens with two attached hydrogens (primary N) is 1. The fourth-order valence-electron chi connectivity index (χ4n) is 4.01. The van der Waals surface area contributed by atoms with Gasteiger partial charge in [0.15, 0.2) is 0 Å². The van der Waals surface area contributed by atoms with E-state index >= 15 is 0 Å². The Morgan fingerprint density at radius 2 is 1.79 bits per heavy atom. The van der Waals surface area contributed by atoms with Crippen molar-refractivity contribution in [2.45, 2.75) is 12.3 Å². The fraction of sp³-hybridized carbons (Fsp3) is 0.348. The van der Waals surface area contributed by atoms with Crippen LogP contribution in [-0.4, -0.2) is 54.9 Å². The second-order valence-corrected chi connectivity index (χ2v) is 7.62. The number of nitrogens with one attached hydrogen (secondary N) is 1. The number of hydrogen-bond acceptors (Lipinski definition) is 4. The van der Waals surface area contributed by atoms with Crippen molar-refractivity contribution in [2.24, 2.45) is 5.73 Å². The molecule has 4 rings (SSSR count). The second kappa shape index (κ2) is 8.59. The lowest BCUT2D eigenvalue weighted by molar-refractivity contribution is 0.313. The zero-order chi connectivity index (χ0) is 19.3. The van der Waals surface area contributed by atoms with Gasteiger partial charge in [0.1, 0.15) is 0 Å². The SMILES string of the molecule is CN1CCN(c2cccc(C(CCN)c3ccc(-c4cn[nH]c4)cc3)c2)CC1. The third-order valence-corrected chi connectivity index (χ3v) is 5.74. The highest BCUT2D eigenvalue weighted by Crippen LogP contribution is 2.32. The van der Waals surface area contributed by atoms with Crippen molar-refractivity contribution in [1.29, 1.82) is 0 Å². The van der Waals surface area contributed by atoms with Crippen LogP contribution in [0.25, 0.3) is 11.1 Å². The van der Waals surface area contributed by atoms with E-state index in [1.165, 1.54) is 22.4 Å². The van der Waals surface area contributed by atoms with Crippen molar-refractivity contribution in [1.82, 2.24) is 15.1 Å². The maximum Gasteiger partial charge on any atom is 0.0565 e. The Kier molecular flexibility index (Phi) is 5.74. The van der Waals surface area contributed by atoms with Gasteiger partial charge >= 0.3 is 0 Å². The minimum Gasteiger partial charge on any atom is -0.369 e. The summed E-state index contributed by atoms with van der Waals surface area (Å²) in [6.45, 7) is 5.08. The molecule has 0 bridgehead atoms. The Labute approximate surface area is 167 Å². The molecule has 1 saturated heterocycles. The van der Waals surface area contributed by atoms with Gasteiger partial charge in [0, 0.05) is 49.5 Å². The standard InChI is InChI=1S/C23H29N5/c1-27-11-13-28(14-12-27)22-4-2-3-20(15-22)23(9-10-24)19-7-5-18(6-8-19)21-16-25-26-17-21/h2-8,15-17,23H,9-14,24H2,1H3,(H,25,26). The maximum atomic E-state index is 5.98. The van der Waals surface area contributed by atoms with Crippen LogP contribution in [0.15, 0.2) is 60.9 Å². The number of rotatable bonds is 6. The van der Waals surface area contributed by atoms with Crippen LogP contribution in [0.4, 0.5) is 5.69 Å². The van der Waals surface area contributed by atoms with Crippen molar-refractivity contribution in [3.05, 3.63) is 72.1 Å². The van der Waals surface area contributed by atoms with Gasteiger partial charge in [-0.15, -0.1) is 0 Å². The van der Waals surface area contributed by atoms with Crippen molar-refractivity contribution in [3.63, 3.8) is 0 Å². The summed E-state index contributed by atoms with van der Waals surface area (Å²) in [4.78, 5) is 4.88. The highest BCUT2D eigenvalue weighted by atomic mass is 15.2. The third-order valence-electron chi connectivity index (χ3n) is 5.74. The number of likely N-dealkylation sites (N-methyl/N-ethyl adjacent to an activating group) is 1. The van der Waals surface area contributed by atoms with Crippen LogP contribution in [0.5, 0.6) is 0 Å². The molecular formula is C23H29N5. The quantitative estimate of drug-likeness (QED) is 0.694. The first-order valence-electron chi connectivity index (χ1n) is 10.1. The number of piperazine rings is 1. The highest BCUT2D eigenvalue weighted by Gasteiger charge is 2.18. The lowest BCUT2D eigenvalue weighted by Crippen LogP contribution is -2.44. The summed E-state index contributed by atoms with van der Waals surface area (Å²) in [5.41, 5.74) is 12.2. The van der Waals surface area contributed by atoms with Crippen LogP contribution in [0.2, 0.25) is 0 Å². The normalized spacial score (nSPS) is 16.3. The zero-order valence-corrected chi connectivity index (χ0v) is 16.5. The second-order valence-electron chi connectivity index (χ2n) is 7.62. The van der Waals surface area contributed by atoms with Crippen LogP contribution in [0, 0.1) is 0 Å². The predicted octanol–water partition coefficient (Wildman–Crippen LogP) is 3.31. The Morgan fingerprint density at radius 3 is 2.46 bits per heavy atom. The number of aromatic amines is 1. The molecule has 1 fully saturated rings. The van der Waals surface area contributed by atoms with Gasteiger partial charge in [-0.2, -0.15) is 5.10 Å². The molecule has 5 heteroatoms. The topological polar surface area (TPSA) is 61.2 Å². The summed E-state index contributed by atoms with van der Waals surface area (Å²) >= 11 is 0. The van der Waals surface area contributed by atoms with Crippen molar-refractivity contribution < 1.29 is 0 Å². The van der Waals surface area contributed by atoms with Gasteiger partial charge in [0.2, 0.25) is 0 Å². The zero-order valence-electron chi connectivity index (χ0n) is 16.5. The number of nitrogens with zero attached hydrogens (tertiary/aromatic N) is 3. The number of aromatic nitrogens is 2. The average Bonchev–Trinajstić information content (AvgIpc) is 3.28. The number of H-pyrrole nitrogens is 1. The van der Waals surface area contributed by atoms with E-state index in [-0.39, 0.29) is 0 Å². The van der Waals surface area contributed by atoms with Gasteiger partial charge in [-0.05, 0) is 48.8 Å². The Hall–Kier alpha value is -2.63.